The molecule has 1 fully saturated rings. The molecular formula is C15H25N5O5. The number of nitrogens with zero attached hydrogens (tertiary/aromatic N) is 4. The smallest absolute Gasteiger partial charge is 0.407 e. The predicted octanol–water partition coefficient (Wildman–Crippen LogP) is 1.18. The van der Waals surface area contributed by atoms with Gasteiger partial charge in [-0.05, 0) is 33.6 Å². The maximum Gasteiger partial charge on any atom is 0.407 e. The number of aromatic nitrogens is 2. The van der Waals surface area contributed by atoms with Crippen molar-refractivity contribution in [3.8, 4) is 0 Å². The van der Waals surface area contributed by atoms with Crippen molar-refractivity contribution in [2.24, 2.45) is 7.05 Å². The van der Waals surface area contributed by atoms with Crippen LogP contribution in [0, 0.1) is 10.1 Å². The summed E-state index contributed by atoms with van der Waals surface area (Å²) in [5.74, 6) is 0.398. The second-order valence-electron chi connectivity index (χ2n) is 7.12. The van der Waals surface area contributed by atoms with E-state index in [2.05, 4.69) is 10.4 Å². The molecule has 1 aromatic heterocycles. The molecule has 25 heavy (non-hydrogen) atoms. The number of amides is 1. The molecule has 0 bridgehead atoms. The maximum atomic E-state index is 11.9. The minimum Gasteiger partial charge on any atom is -0.444 e. The van der Waals surface area contributed by atoms with Crippen molar-refractivity contribution < 1.29 is 19.6 Å². The molecule has 1 amide bonds. The summed E-state index contributed by atoms with van der Waals surface area (Å²) in [6.07, 6.45) is 0.667. The van der Waals surface area contributed by atoms with Crippen molar-refractivity contribution >= 4 is 17.6 Å². The number of ether oxygens (including phenoxy) is 1. The molecule has 0 aromatic carbocycles. The van der Waals surface area contributed by atoms with Gasteiger partial charge in [-0.3, -0.25) is 10.1 Å². The van der Waals surface area contributed by atoms with Crippen LogP contribution in [0.4, 0.5) is 16.3 Å². The van der Waals surface area contributed by atoms with E-state index in [-0.39, 0.29) is 5.69 Å². The Morgan fingerprint density at radius 2 is 2.08 bits per heavy atom. The van der Waals surface area contributed by atoms with Gasteiger partial charge < -0.3 is 20.1 Å². The van der Waals surface area contributed by atoms with Crippen molar-refractivity contribution in [3.63, 3.8) is 0 Å². The molecule has 10 nitrogen and oxygen atoms in total. The fraction of sp³-hybridized carbons (Fsp3) is 0.733. The van der Waals surface area contributed by atoms with E-state index in [4.69, 9.17) is 4.74 Å². The molecule has 0 unspecified atom stereocenters. The zero-order valence-corrected chi connectivity index (χ0v) is 14.9. The van der Waals surface area contributed by atoms with Gasteiger partial charge in [-0.25, -0.2) is 9.48 Å². The summed E-state index contributed by atoms with van der Waals surface area (Å²) in [4.78, 5) is 24.4. The van der Waals surface area contributed by atoms with Gasteiger partial charge >= 0.3 is 11.8 Å². The summed E-state index contributed by atoms with van der Waals surface area (Å²) in [5.41, 5.74) is -0.697. The normalized spacial score (nSPS) is 21.6. The summed E-state index contributed by atoms with van der Waals surface area (Å²) in [6, 6.07) is -0.480. The molecule has 2 atom stereocenters. The summed E-state index contributed by atoms with van der Waals surface area (Å²) in [5, 5.41) is 28.1. The van der Waals surface area contributed by atoms with E-state index < -0.39 is 28.8 Å². The molecule has 140 valence electrons. The Morgan fingerprint density at radius 3 is 2.68 bits per heavy atom. The van der Waals surface area contributed by atoms with Crippen LogP contribution in [0.25, 0.3) is 0 Å². The van der Waals surface area contributed by atoms with E-state index in [0.29, 0.717) is 31.7 Å². The summed E-state index contributed by atoms with van der Waals surface area (Å²) in [6.45, 7) is 6.16. The third-order valence-corrected chi connectivity index (χ3v) is 3.96. The molecule has 2 N–H and O–H groups in total. The van der Waals surface area contributed by atoms with Gasteiger partial charge in [0.2, 0.25) is 5.82 Å². The number of hydrogen-bond donors (Lipinski definition) is 2. The van der Waals surface area contributed by atoms with Crippen molar-refractivity contribution in [2.45, 2.75) is 51.4 Å². The van der Waals surface area contributed by atoms with Gasteiger partial charge in [-0.15, -0.1) is 0 Å². The fourth-order valence-corrected chi connectivity index (χ4v) is 2.84. The molecule has 10 heteroatoms. The highest BCUT2D eigenvalue weighted by atomic mass is 16.6. The van der Waals surface area contributed by atoms with Crippen LogP contribution in [0.2, 0.25) is 0 Å². The van der Waals surface area contributed by atoms with Gasteiger partial charge in [0.05, 0.1) is 17.1 Å². The van der Waals surface area contributed by atoms with Crippen molar-refractivity contribution in [2.75, 3.05) is 18.0 Å². The van der Waals surface area contributed by atoms with E-state index in [9.17, 15) is 20.0 Å². The number of carbonyl (C=O) groups is 1. The molecule has 1 aliphatic heterocycles. The molecule has 0 spiro atoms. The zero-order chi connectivity index (χ0) is 18.8. The minimum absolute atomic E-state index is 0.0736. The Bertz CT molecular complexity index is 639. The van der Waals surface area contributed by atoms with Crippen molar-refractivity contribution in [3.05, 3.63) is 16.3 Å². The van der Waals surface area contributed by atoms with Crippen LogP contribution in [0.3, 0.4) is 0 Å². The monoisotopic (exact) mass is 355 g/mol. The Labute approximate surface area is 145 Å². The van der Waals surface area contributed by atoms with Crippen molar-refractivity contribution in [1.82, 2.24) is 15.1 Å². The third-order valence-electron chi connectivity index (χ3n) is 3.96. The standard InChI is InChI=1S/C15H25N5O5/c1-15(2,3)25-14(22)17-10-5-7-19(8-6-12(10)21)13-11(20(23)24)9-16-18(13)4/h9-10,12,21H,5-8H2,1-4H3,(H,17,22)/t10-,12+/m0/s1. The van der Waals surface area contributed by atoms with Crippen LogP contribution in [-0.2, 0) is 11.8 Å². The van der Waals surface area contributed by atoms with E-state index in [0.717, 1.165) is 0 Å². The second kappa shape index (κ2) is 7.26. The molecule has 0 aliphatic carbocycles. The Kier molecular flexibility index (Phi) is 5.51. The second-order valence-corrected chi connectivity index (χ2v) is 7.12. The lowest BCUT2D eigenvalue weighted by atomic mass is 10.1. The van der Waals surface area contributed by atoms with E-state index in [1.807, 2.05) is 4.90 Å². The van der Waals surface area contributed by atoms with Gasteiger partial charge in [-0.1, -0.05) is 0 Å². The molecule has 1 saturated heterocycles. The number of carbonyl (C=O) groups excluding carboxylic acids is 1. The lowest BCUT2D eigenvalue weighted by Gasteiger charge is -2.25. The highest BCUT2D eigenvalue weighted by molar-refractivity contribution is 5.68. The first kappa shape index (κ1) is 19.0. The summed E-state index contributed by atoms with van der Waals surface area (Å²) in [7, 11) is 1.64. The van der Waals surface area contributed by atoms with Crippen molar-refractivity contribution in [1.29, 1.82) is 0 Å². The lowest BCUT2D eigenvalue weighted by molar-refractivity contribution is -0.384. The van der Waals surface area contributed by atoms with E-state index >= 15 is 0 Å². The number of aliphatic hydroxyl groups is 1. The molecular weight excluding hydrogens is 330 g/mol. The number of alkyl carbamates (subject to hydrolysis) is 1. The fourth-order valence-electron chi connectivity index (χ4n) is 2.84. The Hall–Kier alpha value is -2.36. The molecule has 2 rings (SSSR count). The number of nitrogens with one attached hydrogen (secondary N) is 1. The van der Waals surface area contributed by atoms with Crippen LogP contribution >= 0.6 is 0 Å². The highest BCUT2D eigenvalue weighted by Crippen LogP contribution is 2.29. The molecule has 0 saturated carbocycles. The van der Waals surface area contributed by atoms with Crippen LogP contribution in [0.15, 0.2) is 6.20 Å². The molecule has 2 heterocycles. The average molecular weight is 355 g/mol. The number of hydrogen-bond acceptors (Lipinski definition) is 7. The van der Waals surface area contributed by atoms with E-state index in [1.54, 1.807) is 27.8 Å². The van der Waals surface area contributed by atoms with Crippen LogP contribution in [0.5, 0.6) is 0 Å². The lowest BCUT2D eigenvalue weighted by Crippen LogP contribution is -2.45. The zero-order valence-electron chi connectivity index (χ0n) is 14.9. The number of rotatable bonds is 3. The molecule has 1 aromatic rings. The summed E-state index contributed by atoms with van der Waals surface area (Å²) >= 11 is 0. The van der Waals surface area contributed by atoms with Gasteiger partial charge in [0, 0.05) is 20.1 Å². The van der Waals surface area contributed by atoms with Gasteiger partial charge in [0.15, 0.2) is 0 Å². The number of aliphatic hydroxyl groups excluding tert-OH is 1. The first-order valence-electron chi connectivity index (χ1n) is 8.17. The molecule has 0 radical (unpaired) electrons. The SMILES string of the molecule is Cn1ncc([N+](=O)[O-])c1N1CC[C@@H](O)[C@@H](NC(=O)OC(C)(C)C)CC1. The van der Waals surface area contributed by atoms with Gasteiger partial charge in [0.25, 0.3) is 0 Å². The summed E-state index contributed by atoms with van der Waals surface area (Å²) < 4.78 is 6.67. The first-order valence-corrected chi connectivity index (χ1v) is 8.17. The van der Waals surface area contributed by atoms with Crippen LogP contribution in [0.1, 0.15) is 33.6 Å². The Morgan fingerprint density at radius 1 is 1.44 bits per heavy atom. The Balaban J connectivity index is 2.07. The predicted molar refractivity (Wildman–Crippen MR) is 90.5 cm³/mol. The maximum absolute atomic E-state index is 11.9. The average Bonchev–Trinajstić information content (AvgIpc) is 2.77. The number of anilines is 1. The third kappa shape index (κ3) is 4.81. The topological polar surface area (TPSA) is 123 Å². The quantitative estimate of drug-likeness (QED) is 0.616. The number of nitro groups is 1. The molecule has 1 aliphatic rings. The van der Waals surface area contributed by atoms with E-state index in [1.165, 1.54) is 10.9 Å². The van der Waals surface area contributed by atoms with Crippen LogP contribution in [-0.4, -0.2) is 56.7 Å². The van der Waals surface area contributed by atoms with Crippen LogP contribution < -0.4 is 10.2 Å². The number of aryl methyl sites for hydroxylation is 1. The minimum atomic E-state index is -0.759. The van der Waals surface area contributed by atoms with Gasteiger partial charge in [-0.2, -0.15) is 5.10 Å². The first-order chi connectivity index (χ1) is 11.6. The highest BCUT2D eigenvalue weighted by Gasteiger charge is 2.31. The largest absolute Gasteiger partial charge is 0.444 e. The van der Waals surface area contributed by atoms with Gasteiger partial charge in [0.1, 0.15) is 11.8 Å².